The van der Waals surface area contributed by atoms with Crippen molar-refractivity contribution in [3.63, 3.8) is 0 Å². The van der Waals surface area contributed by atoms with Crippen molar-refractivity contribution in [3.05, 3.63) is 71.4 Å². The molecule has 3 heteroatoms. The van der Waals surface area contributed by atoms with E-state index >= 15 is 0 Å². The van der Waals surface area contributed by atoms with E-state index in [9.17, 15) is 0 Å². The second-order valence-corrected chi connectivity index (χ2v) is 9.57. The number of aryl methyl sites for hydroxylation is 3. The van der Waals surface area contributed by atoms with Crippen LogP contribution in [-0.4, -0.2) is 11.0 Å². The quantitative estimate of drug-likeness (QED) is 0.165. The molecule has 0 spiro atoms. The fraction of sp³-hybridized carbons (Fsp3) is 0.276. The number of ether oxygens (including phenoxy) is 1. The van der Waals surface area contributed by atoms with Crippen molar-refractivity contribution in [2.75, 3.05) is 6.61 Å². The SMILES string of the molecule is Cc1cc2c3cc(C4CCCCO4)ccc3n3c4cccc5cc[n+](C)c(c(c1C)c23)c54. The van der Waals surface area contributed by atoms with Gasteiger partial charge in [-0.3, -0.25) is 0 Å². The average molecular weight is 420 g/mol. The Morgan fingerprint density at radius 3 is 2.69 bits per heavy atom. The van der Waals surface area contributed by atoms with E-state index in [0.29, 0.717) is 0 Å². The molecule has 0 amide bonds. The summed E-state index contributed by atoms with van der Waals surface area (Å²) in [7, 11) is 2.18. The summed E-state index contributed by atoms with van der Waals surface area (Å²) in [5.74, 6) is 0. The van der Waals surface area contributed by atoms with Crippen molar-refractivity contribution in [2.24, 2.45) is 7.05 Å². The van der Waals surface area contributed by atoms with Gasteiger partial charge < -0.3 is 9.14 Å². The van der Waals surface area contributed by atoms with Crippen LogP contribution >= 0.6 is 0 Å². The molecule has 1 unspecified atom stereocenters. The van der Waals surface area contributed by atoms with Crippen LogP contribution in [0.4, 0.5) is 0 Å². The molecule has 0 N–H and O–H groups in total. The average Bonchev–Trinajstić information content (AvgIpc) is 3.14. The number of fused-ring (bicyclic) bond motifs is 5. The third-order valence-corrected chi connectivity index (χ3v) is 7.77. The van der Waals surface area contributed by atoms with Gasteiger partial charge in [0.25, 0.3) is 0 Å². The number of pyridine rings is 2. The molecule has 1 aliphatic heterocycles. The first-order chi connectivity index (χ1) is 15.6. The second kappa shape index (κ2) is 6.43. The zero-order valence-corrected chi connectivity index (χ0v) is 18.9. The molecular formula is C29H27N2O+. The summed E-state index contributed by atoms with van der Waals surface area (Å²) in [6.07, 6.45) is 5.97. The Morgan fingerprint density at radius 1 is 0.938 bits per heavy atom. The monoisotopic (exact) mass is 419 g/mol. The maximum Gasteiger partial charge on any atom is 0.224 e. The van der Waals surface area contributed by atoms with Gasteiger partial charge in [0.15, 0.2) is 6.20 Å². The Morgan fingerprint density at radius 2 is 1.84 bits per heavy atom. The summed E-state index contributed by atoms with van der Waals surface area (Å²) in [6, 6.07) is 18.4. The number of nitrogens with zero attached hydrogens (tertiary/aromatic N) is 2. The topological polar surface area (TPSA) is 17.5 Å². The third-order valence-electron chi connectivity index (χ3n) is 7.77. The predicted octanol–water partition coefficient (Wildman–Crippen LogP) is 6.67. The van der Waals surface area contributed by atoms with Crippen molar-refractivity contribution < 1.29 is 9.30 Å². The Kier molecular flexibility index (Phi) is 3.70. The summed E-state index contributed by atoms with van der Waals surface area (Å²) in [6.45, 7) is 5.41. The zero-order chi connectivity index (χ0) is 21.6. The Bertz CT molecular complexity index is 1690. The number of rotatable bonds is 1. The van der Waals surface area contributed by atoms with E-state index in [1.54, 1.807) is 0 Å². The van der Waals surface area contributed by atoms with Crippen LogP contribution in [0.5, 0.6) is 0 Å². The molecule has 32 heavy (non-hydrogen) atoms. The van der Waals surface area contributed by atoms with Gasteiger partial charge in [0, 0.05) is 23.4 Å². The van der Waals surface area contributed by atoms with Crippen molar-refractivity contribution in [1.82, 2.24) is 4.40 Å². The van der Waals surface area contributed by atoms with Gasteiger partial charge in [-0.2, -0.15) is 0 Å². The predicted molar refractivity (Wildman–Crippen MR) is 132 cm³/mol. The molecule has 3 nitrogen and oxygen atoms in total. The molecule has 0 saturated carbocycles. The van der Waals surface area contributed by atoms with Crippen LogP contribution in [0.25, 0.3) is 49.0 Å². The van der Waals surface area contributed by atoms with E-state index < -0.39 is 0 Å². The maximum absolute atomic E-state index is 6.14. The van der Waals surface area contributed by atoms with Crippen LogP contribution < -0.4 is 4.57 Å². The zero-order valence-electron chi connectivity index (χ0n) is 18.9. The van der Waals surface area contributed by atoms with Crippen molar-refractivity contribution in [3.8, 4) is 0 Å². The smallest absolute Gasteiger partial charge is 0.224 e. The van der Waals surface area contributed by atoms with E-state index in [0.717, 1.165) is 13.0 Å². The molecule has 3 aromatic heterocycles. The normalized spacial score (nSPS) is 17.5. The van der Waals surface area contributed by atoms with Gasteiger partial charge in [0.05, 0.1) is 33.4 Å². The van der Waals surface area contributed by atoms with E-state index in [1.807, 2.05) is 0 Å². The third kappa shape index (κ3) is 2.27. The minimum Gasteiger partial charge on any atom is -0.374 e. The van der Waals surface area contributed by atoms with Crippen LogP contribution in [0, 0.1) is 13.8 Å². The van der Waals surface area contributed by atoms with E-state index in [2.05, 4.69) is 84.6 Å². The highest BCUT2D eigenvalue weighted by atomic mass is 16.5. The molecule has 0 aliphatic carbocycles. The minimum absolute atomic E-state index is 0.223. The van der Waals surface area contributed by atoms with E-state index in [4.69, 9.17) is 4.74 Å². The Hall–Kier alpha value is -3.17. The van der Waals surface area contributed by atoms with Gasteiger partial charge in [-0.1, -0.05) is 18.2 Å². The summed E-state index contributed by atoms with van der Waals surface area (Å²) < 4.78 is 10.9. The molecule has 1 atom stereocenters. The summed E-state index contributed by atoms with van der Waals surface area (Å²) in [4.78, 5) is 0. The van der Waals surface area contributed by atoms with Crippen LogP contribution in [-0.2, 0) is 11.8 Å². The van der Waals surface area contributed by atoms with Gasteiger partial charge in [0.2, 0.25) is 5.52 Å². The number of aromatic nitrogens is 2. The van der Waals surface area contributed by atoms with Crippen LogP contribution in [0.1, 0.15) is 42.1 Å². The lowest BCUT2D eigenvalue weighted by molar-refractivity contribution is -0.643. The fourth-order valence-electron chi connectivity index (χ4n) is 6.05. The summed E-state index contributed by atoms with van der Waals surface area (Å²) in [5.41, 5.74) is 9.28. The molecular weight excluding hydrogens is 392 g/mol. The van der Waals surface area contributed by atoms with E-state index in [-0.39, 0.29) is 6.10 Å². The fourth-order valence-corrected chi connectivity index (χ4v) is 6.05. The molecule has 158 valence electrons. The van der Waals surface area contributed by atoms with Gasteiger partial charge >= 0.3 is 0 Å². The summed E-state index contributed by atoms with van der Waals surface area (Å²) >= 11 is 0. The van der Waals surface area contributed by atoms with Crippen LogP contribution in [0.3, 0.4) is 0 Å². The lowest BCUT2D eigenvalue weighted by Gasteiger charge is -2.23. The Balaban J connectivity index is 1.74. The highest BCUT2D eigenvalue weighted by molar-refractivity contribution is 6.26. The Labute approximate surface area is 187 Å². The lowest BCUT2D eigenvalue weighted by Crippen LogP contribution is -2.29. The molecule has 1 saturated heterocycles. The molecule has 7 rings (SSSR count). The molecule has 3 aromatic carbocycles. The van der Waals surface area contributed by atoms with Crippen molar-refractivity contribution >= 4 is 49.0 Å². The van der Waals surface area contributed by atoms with Gasteiger partial charge in [-0.05, 0) is 79.5 Å². The van der Waals surface area contributed by atoms with Gasteiger partial charge in [-0.15, -0.1) is 0 Å². The largest absolute Gasteiger partial charge is 0.374 e. The lowest BCUT2D eigenvalue weighted by atomic mass is 9.96. The number of hydrogen-bond acceptors (Lipinski definition) is 1. The molecule has 0 bridgehead atoms. The van der Waals surface area contributed by atoms with Crippen molar-refractivity contribution in [2.45, 2.75) is 39.2 Å². The summed E-state index contributed by atoms with van der Waals surface area (Å²) in [5, 5.41) is 6.70. The standard InChI is InChI=1S/C29H27N2O/c1-17-15-22-21-16-20(25-9-4-5-14-32-25)10-11-23(21)31-24-8-6-7-19-12-13-30(3)29(27(19)24)26(18(17)2)28(22)31/h6-8,10-13,15-16,25H,4-5,9,14H2,1-3H3/q+1. The minimum atomic E-state index is 0.223. The molecule has 0 radical (unpaired) electrons. The first-order valence-electron chi connectivity index (χ1n) is 11.8. The first kappa shape index (κ1) is 18.4. The highest BCUT2D eigenvalue weighted by Gasteiger charge is 2.25. The first-order valence-corrected chi connectivity index (χ1v) is 11.8. The van der Waals surface area contributed by atoms with Crippen LogP contribution in [0.15, 0.2) is 54.7 Å². The second-order valence-electron chi connectivity index (χ2n) is 9.57. The number of hydrogen-bond donors (Lipinski definition) is 0. The molecule has 6 aromatic rings. The van der Waals surface area contributed by atoms with Gasteiger partial charge in [-0.25, -0.2) is 4.57 Å². The van der Waals surface area contributed by atoms with Crippen LogP contribution in [0.2, 0.25) is 0 Å². The highest BCUT2D eigenvalue weighted by Crippen LogP contribution is 2.42. The van der Waals surface area contributed by atoms with Crippen molar-refractivity contribution in [1.29, 1.82) is 0 Å². The molecule has 4 heterocycles. The molecule has 1 fully saturated rings. The maximum atomic E-state index is 6.14. The molecule has 1 aliphatic rings. The van der Waals surface area contributed by atoms with E-state index in [1.165, 1.54) is 78.5 Å². The van der Waals surface area contributed by atoms with Gasteiger partial charge in [0.1, 0.15) is 7.05 Å². The number of benzene rings is 3.